The van der Waals surface area contributed by atoms with Gasteiger partial charge in [-0.2, -0.15) is 0 Å². The zero-order chi connectivity index (χ0) is 22.3. The molecule has 160 valence electrons. The van der Waals surface area contributed by atoms with Gasteiger partial charge in [-0.25, -0.2) is 14.0 Å². The van der Waals surface area contributed by atoms with Crippen molar-refractivity contribution in [2.75, 3.05) is 13.7 Å². The quantitative estimate of drug-likeness (QED) is 0.592. The van der Waals surface area contributed by atoms with Crippen molar-refractivity contribution >= 4 is 23.0 Å². The molecule has 2 heterocycles. The van der Waals surface area contributed by atoms with Crippen LogP contribution in [0.5, 0.6) is 5.75 Å². The fourth-order valence-corrected chi connectivity index (χ4v) is 2.83. The van der Waals surface area contributed by atoms with Crippen molar-refractivity contribution in [3.8, 4) is 5.75 Å². The summed E-state index contributed by atoms with van der Waals surface area (Å²) >= 11 is 0. The van der Waals surface area contributed by atoms with Crippen molar-refractivity contribution in [3.63, 3.8) is 0 Å². The van der Waals surface area contributed by atoms with Gasteiger partial charge in [0, 0.05) is 31.6 Å². The fraction of sp³-hybridized carbons (Fsp3) is 0.286. The molecule has 0 atom stereocenters. The number of nitrogens with zero attached hydrogens (tertiary/aromatic N) is 2. The average Bonchev–Trinajstić information content (AvgIpc) is 2.97. The van der Waals surface area contributed by atoms with Crippen molar-refractivity contribution in [2.45, 2.75) is 27.0 Å². The van der Waals surface area contributed by atoms with E-state index in [0.717, 1.165) is 40.1 Å². The van der Waals surface area contributed by atoms with Gasteiger partial charge >= 0.3 is 11.9 Å². The van der Waals surface area contributed by atoms with E-state index in [9.17, 15) is 4.39 Å². The fourth-order valence-electron chi connectivity index (χ4n) is 2.83. The van der Waals surface area contributed by atoms with Crippen molar-refractivity contribution in [3.05, 3.63) is 59.2 Å². The van der Waals surface area contributed by atoms with Crippen LogP contribution in [0, 0.1) is 19.7 Å². The van der Waals surface area contributed by atoms with Crippen molar-refractivity contribution < 1.29 is 33.7 Å². The smallest absolute Gasteiger partial charge is 0.414 e. The highest BCUT2D eigenvalue weighted by atomic mass is 19.1. The molecule has 3 rings (SSSR count). The van der Waals surface area contributed by atoms with Gasteiger partial charge in [-0.3, -0.25) is 4.98 Å². The molecule has 0 bridgehead atoms. The number of benzene rings is 1. The van der Waals surface area contributed by atoms with E-state index >= 15 is 0 Å². The lowest BCUT2D eigenvalue weighted by molar-refractivity contribution is -0.159. The molecular formula is C21H23FN2O6. The molecule has 0 radical (unpaired) electrons. The van der Waals surface area contributed by atoms with Crippen LogP contribution < -0.4 is 4.74 Å². The summed E-state index contributed by atoms with van der Waals surface area (Å²) in [5, 5.41) is 14.8. The number of aromatic nitrogens is 2. The maximum atomic E-state index is 13.0. The molecule has 0 fully saturated rings. The van der Waals surface area contributed by atoms with E-state index in [1.807, 2.05) is 6.07 Å². The minimum absolute atomic E-state index is 0.246. The molecule has 1 aromatic carbocycles. The second-order valence-electron chi connectivity index (χ2n) is 6.39. The van der Waals surface area contributed by atoms with E-state index in [-0.39, 0.29) is 5.82 Å². The number of aliphatic carboxylic acids is 2. The Balaban J connectivity index is 0.000000469. The highest BCUT2D eigenvalue weighted by Gasteiger charge is 2.16. The number of aryl methyl sites for hydroxylation is 1. The zero-order valence-electron chi connectivity index (χ0n) is 16.9. The second-order valence-corrected chi connectivity index (χ2v) is 6.39. The molecule has 3 aromatic rings. The van der Waals surface area contributed by atoms with E-state index in [4.69, 9.17) is 29.3 Å². The first-order valence-electron chi connectivity index (χ1n) is 9.03. The number of rotatable bonds is 6. The number of pyridine rings is 1. The predicted molar refractivity (Wildman–Crippen MR) is 107 cm³/mol. The lowest BCUT2D eigenvalue weighted by Gasteiger charge is -2.12. The lowest BCUT2D eigenvalue weighted by Crippen LogP contribution is -2.09. The van der Waals surface area contributed by atoms with Gasteiger partial charge in [0.2, 0.25) is 0 Å². The minimum Gasteiger partial charge on any atom is -0.487 e. The number of carboxylic acid groups (broad SMARTS) is 2. The van der Waals surface area contributed by atoms with E-state index < -0.39 is 11.9 Å². The highest BCUT2D eigenvalue weighted by Crippen LogP contribution is 2.31. The van der Waals surface area contributed by atoms with Gasteiger partial charge in [0.15, 0.2) is 0 Å². The summed E-state index contributed by atoms with van der Waals surface area (Å²) in [5.74, 6) is -3.12. The van der Waals surface area contributed by atoms with Crippen LogP contribution in [-0.2, 0) is 27.5 Å². The standard InChI is InChI=1S/C19H21FN2O2.C2H2O4/c1-13-14(2)22(10-11-23-3)19-17(8-9-21-18(13)19)24-12-15-4-6-16(20)7-5-15;3-1(4)2(5)6/h4-9H,10-12H2,1-3H3;(H,3,4)(H,5,6). The maximum absolute atomic E-state index is 13.0. The Morgan fingerprint density at radius 3 is 2.30 bits per heavy atom. The second kappa shape index (κ2) is 10.4. The van der Waals surface area contributed by atoms with Crippen LogP contribution in [0.2, 0.25) is 0 Å². The molecule has 0 amide bonds. The monoisotopic (exact) mass is 418 g/mol. The molecule has 0 aliphatic carbocycles. The molecule has 30 heavy (non-hydrogen) atoms. The van der Waals surface area contributed by atoms with Crippen LogP contribution in [0.3, 0.4) is 0 Å². The third-order valence-corrected chi connectivity index (χ3v) is 4.47. The lowest BCUT2D eigenvalue weighted by atomic mass is 10.2. The number of halogens is 1. The van der Waals surface area contributed by atoms with E-state index in [0.29, 0.717) is 13.2 Å². The van der Waals surface area contributed by atoms with Crippen molar-refractivity contribution in [2.24, 2.45) is 0 Å². The molecule has 2 N–H and O–H groups in total. The molecule has 0 aliphatic rings. The van der Waals surface area contributed by atoms with E-state index in [1.165, 1.54) is 12.1 Å². The first-order valence-corrected chi connectivity index (χ1v) is 9.03. The predicted octanol–water partition coefficient (Wildman–Crippen LogP) is 3.17. The maximum Gasteiger partial charge on any atom is 0.414 e. The van der Waals surface area contributed by atoms with Gasteiger partial charge in [0.25, 0.3) is 0 Å². The first-order chi connectivity index (χ1) is 14.3. The average molecular weight is 418 g/mol. The van der Waals surface area contributed by atoms with Crippen molar-refractivity contribution in [1.82, 2.24) is 9.55 Å². The number of methoxy groups -OCH3 is 1. The molecule has 0 saturated heterocycles. The number of carbonyl (C=O) groups is 2. The van der Waals surface area contributed by atoms with Crippen LogP contribution in [0.4, 0.5) is 4.39 Å². The first kappa shape index (κ1) is 22.8. The Morgan fingerprint density at radius 2 is 1.73 bits per heavy atom. The molecule has 0 aliphatic heterocycles. The Kier molecular flexibility index (Phi) is 7.88. The molecule has 8 nitrogen and oxygen atoms in total. The Morgan fingerprint density at radius 1 is 1.10 bits per heavy atom. The minimum atomic E-state index is -1.82. The highest BCUT2D eigenvalue weighted by molar-refractivity contribution is 6.27. The van der Waals surface area contributed by atoms with Gasteiger partial charge < -0.3 is 24.3 Å². The Bertz CT molecular complexity index is 1020. The largest absolute Gasteiger partial charge is 0.487 e. The summed E-state index contributed by atoms with van der Waals surface area (Å²) < 4.78 is 26.4. The van der Waals surface area contributed by atoms with Crippen LogP contribution >= 0.6 is 0 Å². The summed E-state index contributed by atoms with van der Waals surface area (Å²) in [5.41, 5.74) is 5.15. The molecule has 0 spiro atoms. The molecule has 0 unspecified atom stereocenters. The third kappa shape index (κ3) is 5.54. The van der Waals surface area contributed by atoms with Crippen LogP contribution in [0.1, 0.15) is 16.8 Å². The molecule has 0 saturated carbocycles. The third-order valence-electron chi connectivity index (χ3n) is 4.47. The van der Waals surface area contributed by atoms with Gasteiger partial charge in [-0.15, -0.1) is 0 Å². The molecule has 2 aromatic heterocycles. The summed E-state index contributed by atoms with van der Waals surface area (Å²) in [6.07, 6.45) is 1.76. The molecular weight excluding hydrogens is 395 g/mol. The van der Waals surface area contributed by atoms with Gasteiger partial charge in [0.1, 0.15) is 23.7 Å². The number of hydrogen-bond acceptors (Lipinski definition) is 5. The zero-order valence-corrected chi connectivity index (χ0v) is 16.9. The van der Waals surface area contributed by atoms with Crippen LogP contribution in [-0.4, -0.2) is 45.4 Å². The summed E-state index contributed by atoms with van der Waals surface area (Å²) in [6.45, 7) is 5.89. The van der Waals surface area contributed by atoms with Gasteiger partial charge in [0.05, 0.1) is 12.1 Å². The number of fused-ring (bicyclic) bond motifs is 1. The van der Waals surface area contributed by atoms with Crippen LogP contribution in [0.25, 0.3) is 11.0 Å². The van der Waals surface area contributed by atoms with E-state index in [1.54, 1.807) is 25.4 Å². The normalized spacial score (nSPS) is 10.4. The Labute approximate surface area is 172 Å². The molecule has 9 heteroatoms. The number of ether oxygens (including phenoxy) is 2. The number of hydrogen-bond donors (Lipinski definition) is 2. The topological polar surface area (TPSA) is 111 Å². The van der Waals surface area contributed by atoms with Gasteiger partial charge in [-0.05, 0) is 37.1 Å². The van der Waals surface area contributed by atoms with Crippen molar-refractivity contribution in [1.29, 1.82) is 0 Å². The van der Waals surface area contributed by atoms with Gasteiger partial charge in [-0.1, -0.05) is 12.1 Å². The summed E-state index contributed by atoms with van der Waals surface area (Å²) in [6, 6.07) is 8.21. The Hall–Kier alpha value is -3.46. The SMILES string of the molecule is COCCn1c(C)c(C)c2nccc(OCc3ccc(F)cc3)c21.O=C(O)C(=O)O. The number of carboxylic acids is 2. The summed E-state index contributed by atoms with van der Waals surface area (Å²) in [7, 11) is 1.69. The van der Waals surface area contributed by atoms with E-state index in [2.05, 4.69) is 23.4 Å². The summed E-state index contributed by atoms with van der Waals surface area (Å²) in [4.78, 5) is 22.7. The van der Waals surface area contributed by atoms with Crippen LogP contribution in [0.15, 0.2) is 36.5 Å².